The second kappa shape index (κ2) is 10.8. The lowest BCUT2D eigenvalue weighted by Gasteiger charge is -2.14. The quantitative estimate of drug-likeness (QED) is 0.206. The fourth-order valence-corrected chi connectivity index (χ4v) is 6.77. The van der Waals surface area contributed by atoms with Gasteiger partial charge in [0, 0.05) is 28.1 Å². The van der Waals surface area contributed by atoms with Crippen molar-refractivity contribution in [1.29, 1.82) is 0 Å². The van der Waals surface area contributed by atoms with E-state index < -0.39 is 0 Å². The second-order valence-corrected chi connectivity index (χ2v) is 11.8. The highest BCUT2D eigenvalue weighted by atomic mass is 14.7. The van der Waals surface area contributed by atoms with Gasteiger partial charge in [0.2, 0.25) is 0 Å². The van der Waals surface area contributed by atoms with E-state index in [9.17, 15) is 0 Å². The Kier molecular flexibility index (Phi) is 6.17. The molecule has 9 rings (SSSR count). The smallest absolute Gasteiger partial charge is 0.0722 e. The van der Waals surface area contributed by atoms with Crippen molar-refractivity contribution in [3.63, 3.8) is 0 Å². The zero-order valence-corrected chi connectivity index (χ0v) is 25.1. The van der Waals surface area contributed by atoms with Gasteiger partial charge in [0.05, 0.1) is 16.7 Å². The van der Waals surface area contributed by atoms with E-state index in [1.165, 1.54) is 38.2 Å². The predicted octanol–water partition coefficient (Wildman–Crippen LogP) is 11.8. The van der Waals surface area contributed by atoms with Crippen LogP contribution in [-0.4, -0.2) is 9.97 Å². The summed E-state index contributed by atoms with van der Waals surface area (Å²) in [5.41, 5.74) is 11.1. The molecule has 9 aromatic rings. The summed E-state index contributed by atoms with van der Waals surface area (Å²) in [5.74, 6) is 0. The summed E-state index contributed by atoms with van der Waals surface area (Å²) in [6.07, 6.45) is 1.97. The summed E-state index contributed by atoms with van der Waals surface area (Å²) >= 11 is 0. The summed E-state index contributed by atoms with van der Waals surface area (Å²) in [4.78, 5) is 9.97. The Labute approximate surface area is 267 Å². The van der Waals surface area contributed by atoms with Crippen LogP contribution in [0, 0.1) is 0 Å². The van der Waals surface area contributed by atoms with Crippen molar-refractivity contribution >= 4 is 43.4 Å². The summed E-state index contributed by atoms with van der Waals surface area (Å²) in [7, 11) is 0. The maximum Gasteiger partial charge on any atom is 0.0722 e. The third-order valence-corrected chi connectivity index (χ3v) is 9.09. The predicted molar refractivity (Wildman–Crippen MR) is 194 cm³/mol. The molecule has 0 aliphatic carbocycles. The maximum absolute atomic E-state index is 5.26. The SMILES string of the molecule is c1ccc2ncc(-c3ccc(-c4cc(-c5cccc6ccccc56)nc5ccc(-c6cccc7ccccc67)cc45)cc3)cc2c1. The Hall–Kier alpha value is -6.12. The van der Waals surface area contributed by atoms with E-state index in [1.807, 2.05) is 12.3 Å². The molecular weight excluding hydrogens is 556 g/mol. The molecule has 0 fully saturated rings. The second-order valence-electron chi connectivity index (χ2n) is 11.8. The van der Waals surface area contributed by atoms with Gasteiger partial charge in [-0.1, -0.05) is 133 Å². The van der Waals surface area contributed by atoms with Crippen LogP contribution in [0.15, 0.2) is 170 Å². The van der Waals surface area contributed by atoms with Crippen LogP contribution < -0.4 is 0 Å². The van der Waals surface area contributed by atoms with Gasteiger partial charge in [0.25, 0.3) is 0 Å². The minimum Gasteiger partial charge on any atom is -0.256 e. The van der Waals surface area contributed by atoms with Gasteiger partial charge >= 0.3 is 0 Å². The number of pyridine rings is 2. The van der Waals surface area contributed by atoms with Gasteiger partial charge in [-0.05, 0) is 79.7 Å². The van der Waals surface area contributed by atoms with Crippen LogP contribution in [0.5, 0.6) is 0 Å². The number of benzene rings is 7. The van der Waals surface area contributed by atoms with Gasteiger partial charge in [-0.3, -0.25) is 4.98 Å². The molecule has 0 spiro atoms. The average molecular weight is 585 g/mol. The molecule has 0 N–H and O–H groups in total. The van der Waals surface area contributed by atoms with Crippen molar-refractivity contribution in [2.24, 2.45) is 0 Å². The minimum absolute atomic E-state index is 0.972. The molecule has 0 amide bonds. The molecule has 0 aliphatic rings. The van der Waals surface area contributed by atoms with Crippen LogP contribution in [-0.2, 0) is 0 Å². The first-order valence-corrected chi connectivity index (χ1v) is 15.7. The minimum atomic E-state index is 0.972. The van der Waals surface area contributed by atoms with Crippen LogP contribution in [0.1, 0.15) is 0 Å². The fraction of sp³-hybridized carbons (Fsp3) is 0. The molecule has 7 aromatic carbocycles. The molecule has 0 radical (unpaired) electrons. The molecule has 0 bridgehead atoms. The van der Waals surface area contributed by atoms with Crippen LogP contribution in [0.3, 0.4) is 0 Å². The van der Waals surface area contributed by atoms with Gasteiger partial charge in [0.1, 0.15) is 0 Å². The van der Waals surface area contributed by atoms with E-state index in [0.717, 1.165) is 49.8 Å². The number of hydrogen-bond acceptors (Lipinski definition) is 2. The van der Waals surface area contributed by atoms with Crippen molar-refractivity contribution in [3.8, 4) is 44.6 Å². The third-order valence-electron chi connectivity index (χ3n) is 9.09. The first-order valence-electron chi connectivity index (χ1n) is 15.7. The molecule has 2 heteroatoms. The first kappa shape index (κ1) is 26.3. The highest BCUT2D eigenvalue weighted by Crippen LogP contribution is 2.38. The molecule has 2 heterocycles. The number of hydrogen-bond donors (Lipinski definition) is 0. The van der Waals surface area contributed by atoms with Gasteiger partial charge in [-0.15, -0.1) is 0 Å². The Bertz CT molecular complexity index is 2570. The van der Waals surface area contributed by atoms with Crippen molar-refractivity contribution in [2.45, 2.75) is 0 Å². The summed E-state index contributed by atoms with van der Waals surface area (Å²) < 4.78 is 0. The van der Waals surface area contributed by atoms with E-state index >= 15 is 0 Å². The molecule has 0 saturated carbocycles. The molecule has 0 saturated heterocycles. The monoisotopic (exact) mass is 584 g/mol. The van der Waals surface area contributed by atoms with Crippen LogP contribution in [0.25, 0.3) is 88.0 Å². The third kappa shape index (κ3) is 4.51. The Morgan fingerprint density at radius 2 is 0.935 bits per heavy atom. The normalized spacial score (nSPS) is 11.5. The number of rotatable bonds is 4. The van der Waals surface area contributed by atoms with Crippen molar-refractivity contribution in [1.82, 2.24) is 9.97 Å². The van der Waals surface area contributed by atoms with Gasteiger partial charge < -0.3 is 0 Å². The van der Waals surface area contributed by atoms with E-state index in [2.05, 4.69) is 158 Å². The summed E-state index contributed by atoms with van der Waals surface area (Å²) in [6, 6.07) is 58.5. The molecule has 0 unspecified atom stereocenters. The molecule has 2 nitrogen and oxygen atoms in total. The molecule has 214 valence electrons. The lowest BCUT2D eigenvalue weighted by molar-refractivity contribution is 1.40. The van der Waals surface area contributed by atoms with E-state index in [4.69, 9.17) is 9.97 Å². The van der Waals surface area contributed by atoms with Gasteiger partial charge in [-0.25, -0.2) is 4.98 Å². The molecule has 0 aliphatic heterocycles. The van der Waals surface area contributed by atoms with Crippen LogP contribution in [0.4, 0.5) is 0 Å². The Morgan fingerprint density at radius 3 is 1.72 bits per heavy atom. The lowest BCUT2D eigenvalue weighted by atomic mass is 9.92. The van der Waals surface area contributed by atoms with Gasteiger partial charge in [0.15, 0.2) is 0 Å². The average Bonchev–Trinajstić information content (AvgIpc) is 3.13. The number of nitrogens with zero attached hydrogens (tertiary/aromatic N) is 2. The number of para-hydroxylation sites is 1. The van der Waals surface area contributed by atoms with Crippen LogP contribution >= 0.6 is 0 Å². The highest BCUT2D eigenvalue weighted by Gasteiger charge is 2.14. The van der Waals surface area contributed by atoms with Crippen molar-refractivity contribution in [2.75, 3.05) is 0 Å². The van der Waals surface area contributed by atoms with Gasteiger partial charge in [-0.2, -0.15) is 0 Å². The number of aromatic nitrogens is 2. The standard InChI is InChI=1S/C44H28N2/c1-4-14-36-30(9-1)12-7-16-38(36)33-23-24-43-41(26-33)40(27-44(46-43)39-17-8-13-31-10-2-5-15-37(31)39)32-21-19-29(20-22-32)35-25-34-11-3-6-18-42(34)45-28-35/h1-28H. The molecule has 2 aromatic heterocycles. The van der Waals surface area contributed by atoms with Crippen molar-refractivity contribution < 1.29 is 0 Å². The maximum atomic E-state index is 5.26. The van der Waals surface area contributed by atoms with Crippen molar-refractivity contribution in [3.05, 3.63) is 170 Å². The zero-order chi connectivity index (χ0) is 30.5. The topological polar surface area (TPSA) is 25.8 Å². The lowest BCUT2D eigenvalue weighted by Crippen LogP contribution is -1.92. The summed E-state index contributed by atoms with van der Waals surface area (Å²) in [5, 5.41) is 7.18. The Morgan fingerprint density at radius 1 is 0.326 bits per heavy atom. The summed E-state index contributed by atoms with van der Waals surface area (Å²) in [6.45, 7) is 0. The van der Waals surface area contributed by atoms with E-state index in [0.29, 0.717) is 0 Å². The zero-order valence-electron chi connectivity index (χ0n) is 25.1. The highest BCUT2D eigenvalue weighted by molar-refractivity contribution is 6.04. The van der Waals surface area contributed by atoms with E-state index in [1.54, 1.807) is 0 Å². The van der Waals surface area contributed by atoms with E-state index in [-0.39, 0.29) is 0 Å². The molecular formula is C44H28N2. The number of fused-ring (bicyclic) bond motifs is 4. The van der Waals surface area contributed by atoms with Crippen LogP contribution in [0.2, 0.25) is 0 Å². The first-order chi connectivity index (χ1) is 22.8. The fourth-order valence-electron chi connectivity index (χ4n) is 6.77. The molecule has 0 atom stereocenters. The Balaban J connectivity index is 1.24. The largest absolute Gasteiger partial charge is 0.256 e. The molecule has 46 heavy (non-hydrogen) atoms.